The molecular weight excluding hydrogens is 584 g/mol. The third-order valence-corrected chi connectivity index (χ3v) is 7.22. The molecule has 1 aromatic carbocycles. The van der Waals surface area contributed by atoms with Crippen LogP contribution in [0.15, 0.2) is 53.3 Å². The summed E-state index contributed by atoms with van der Waals surface area (Å²) in [6, 6.07) is 7.47. The zero-order valence-corrected chi connectivity index (χ0v) is 25.5. The van der Waals surface area contributed by atoms with E-state index in [1.54, 1.807) is 24.7 Å². The second-order valence-corrected chi connectivity index (χ2v) is 11.3. The lowest BCUT2D eigenvalue weighted by molar-refractivity contribution is -0.133. The van der Waals surface area contributed by atoms with E-state index in [2.05, 4.69) is 31.5 Å². The summed E-state index contributed by atoms with van der Waals surface area (Å²) in [7, 11) is 0. The van der Waals surface area contributed by atoms with Crippen molar-refractivity contribution in [2.75, 3.05) is 13.1 Å². The van der Waals surface area contributed by atoms with E-state index in [4.69, 9.17) is 4.52 Å². The molecule has 5 amide bonds. The van der Waals surface area contributed by atoms with Gasteiger partial charge < -0.3 is 35.8 Å². The molecular formula is C30H38N8O7. The second-order valence-electron chi connectivity index (χ2n) is 11.3. The van der Waals surface area contributed by atoms with Crippen LogP contribution in [0, 0.1) is 5.92 Å². The Hall–Kier alpha value is -5.05. The second kappa shape index (κ2) is 14.6. The summed E-state index contributed by atoms with van der Waals surface area (Å²) in [6.07, 6.45) is 1.73. The summed E-state index contributed by atoms with van der Waals surface area (Å²) >= 11 is 0. The molecule has 2 bridgehead atoms. The fourth-order valence-electron chi connectivity index (χ4n) is 4.67. The predicted octanol–water partition coefficient (Wildman–Crippen LogP) is -0.184. The number of carbonyl (C=O) groups is 5. The zero-order chi connectivity index (χ0) is 32.7. The van der Waals surface area contributed by atoms with Gasteiger partial charge in [0, 0.05) is 25.4 Å². The molecule has 0 radical (unpaired) electrons. The molecule has 4 atom stereocenters. The number of nitrogens with zero attached hydrogens (tertiary/aromatic N) is 4. The highest BCUT2D eigenvalue weighted by atomic mass is 16.5. The summed E-state index contributed by atoms with van der Waals surface area (Å²) in [5, 5.41) is 28.6. The van der Waals surface area contributed by atoms with Crippen LogP contribution in [0.4, 0.5) is 0 Å². The highest BCUT2D eigenvalue weighted by Gasteiger charge is 2.32. The summed E-state index contributed by atoms with van der Waals surface area (Å²) in [5.74, 6) is -3.30. The van der Waals surface area contributed by atoms with E-state index in [-0.39, 0.29) is 37.0 Å². The van der Waals surface area contributed by atoms with Crippen molar-refractivity contribution < 1.29 is 33.6 Å². The number of fused-ring (bicyclic) bond motifs is 2. The molecule has 45 heavy (non-hydrogen) atoms. The number of aliphatic hydroxyl groups excluding tert-OH is 1. The van der Waals surface area contributed by atoms with Crippen molar-refractivity contribution in [1.29, 1.82) is 0 Å². The van der Waals surface area contributed by atoms with Crippen molar-refractivity contribution in [3.05, 3.63) is 71.4 Å². The number of hydrogen-bond donors (Lipinski definition) is 5. The molecule has 2 aromatic heterocycles. The molecule has 0 spiro atoms. The number of rotatable bonds is 5. The Morgan fingerprint density at radius 3 is 2.44 bits per heavy atom. The smallest absolute Gasteiger partial charge is 0.274 e. The number of hydrogen-bond acceptors (Lipinski definition) is 9. The number of aliphatic hydroxyl groups is 1. The minimum atomic E-state index is -1.43. The fourth-order valence-corrected chi connectivity index (χ4v) is 4.67. The van der Waals surface area contributed by atoms with Gasteiger partial charge in [0.2, 0.25) is 17.7 Å². The molecule has 3 aromatic rings. The Morgan fingerprint density at radius 1 is 1.02 bits per heavy atom. The molecule has 15 nitrogen and oxygen atoms in total. The average Bonchev–Trinajstić information content (AvgIpc) is 3.67. The van der Waals surface area contributed by atoms with Crippen LogP contribution >= 0.6 is 0 Å². The Morgan fingerprint density at radius 2 is 1.76 bits per heavy atom. The molecule has 1 aliphatic heterocycles. The Kier molecular flexibility index (Phi) is 10.7. The van der Waals surface area contributed by atoms with E-state index in [9.17, 15) is 29.1 Å². The van der Waals surface area contributed by atoms with Crippen LogP contribution < -0.4 is 21.3 Å². The van der Waals surface area contributed by atoms with Crippen LogP contribution in [-0.2, 0) is 27.5 Å². The summed E-state index contributed by atoms with van der Waals surface area (Å²) in [6.45, 7) is 6.65. The molecule has 15 heteroatoms. The van der Waals surface area contributed by atoms with Gasteiger partial charge in [0.25, 0.3) is 11.8 Å². The maximum absolute atomic E-state index is 13.6. The van der Waals surface area contributed by atoms with Gasteiger partial charge in [-0.15, -0.1) is 0 Å². The Balaban J connectivity index is 1.60. The highest BCUT2D eigenvalue weighted by molar-refractivity contribution is 5.98. The third-order valence-electron chi connectivity index (χ3n) is 7.22. The van der Waals surface area contributed by atoms with Gasteiger partial charge in [-0.3, -0.25) is 28.7 Å². The Labute approximate surface area is 259 Å². The topological polar surface area (TPSA) is 201 Å². The van der Waals surface area contributed by atoms with Crippen molar-refractivity contribution in [2.24, 2.45) is 5.92 Å². The molecule has 0 saturated heterocycles. The van der Waals surface area contributed by atoms with Crippen LogP contribution in [0.2, 0.25) is 0 Å². The van der Waals surface area contributed by atoms with Crippen LogP contribution in [0.5, 0.6) is 0 Å². The molecule has 0 aliphatic carbocycles. The van der Waals surface area contributed by atoms with Crippen LogP contribution in [-0.4, -0.2) is 91.8 Å². The SMILES string of the molecule is CC(C)[C@@H]1NC(=O)[C@H](C)NC(=O)[C@H]([C@@H](C)O)NC(=O)c2cc(on2)CN(C(=O)c2cnn(Cc3ccccc3)c2)CCNC1=O. The molecule has 0 unspecified atom stereocenters. The number of aromatic nitrogens is 3. The molecule has 0 saturated carbocycles. The zero-order valence-electron chi connectivity index (χ0n) is 25.5. The van der Waals surface area contributed by atoms with E-state index in [0.717, 1.165) is 5.56 Å². The molecule has 240 valence electrons. The monoisotopic (exact) mass is 622 g/mol. The normalized spacial score (nSPS) is 21.2. The summed E-state index contributed by atoms with van der Waals surface area (Å²) in [4.78, 5) is 66.9. The van der Waals surface area contributed by atoms with Gasteiger partial charge in [-0.25, -0.2) is 0 Å². The lowest BCUT2D eigenvalue weighted by Crippen LogP contribution is -2.58. The predicted molar refractivity (Wildman–Crippen MR) is 159 cm³/mol. The molecule has 3 heterocycles. The Bertz CT molecular complexity index is 1520. The van der Waals surface area contributed by atoms with E-state index in [1.807, 2.05) is 30.3 Å². The molecule has 5 N–H and O–H groups in total. The van der Waals surface area contributed by atoms with Gasteiger partial charge in [0.05, 0.1) is 31.0 Å². The van der Waals surface area contributed by atoms with Gasteiger partial charge >= 0.3 is 0 Å². The largest absolute Gasteiger partial charge is 0.391 e. The maximum atomic E-state index is 13.6. The van der Waals surface area contributed by atoms with Gasteiger partial charge in [-0.05, 0) is 25.3 Å². The average molecular weight is 623 g/mol. The van der Waals surface area contributed by atoms with Crippen molar-refractivity contribution in [3.63, 3.8) is 0 Å². The van der Waals surface area contributed by atoms with Crippen molar-refractivity contribution >= 4 is 29.5 Å². The molecule has 0 fully saturated rings. The van der Waals surface area contributed by atoms with Gasteiger partial charge in [0.1, 0.15) is 18.1 Å². The minimum absolute atomic E-state index is 0.0334. The first-order valence-corrected chi connectivity index (χ1v) is 14.6. The minimum Gasteiger partial charge on any atom is -0.391 e. The van der Waals surface area contributed by atoms with Crippen LogP contribution in [0.1, 0.15) is 59.9 Å². The number of amides is 5. The molecule has 4 rings (SSSR count). The van der Waals surface area contributed by atoms with E-state index >= 15 is 0 Å². The molecule has 1 aliphatic rings. The van der Waals surface area contributed by atoms with Crippen LogP contribution in [0.25, 0.3) is 0 Å². The third kappa shape index (κ3) is 8.53. The quantitative estimate of drug-likeness (QED) is 0.256. The fraction of sp³-hybridized carbons (Fsp3) is 0.433. The van der Waals surface area contributed by atoms with Crippen LogP contribution in [0.3, 0.4) is 0 Å². The van der Waals surface area contributed by atoms with Crippen molar-refractivity contribution in [1.82, 2.24) is 41.1 Å². The van der Waals surface area contributed by atoms with E-state index in [1.165, 1.54) is 31.0 Å². The number of carbonyl (C=O) groups excluding carboxylic acids is 5. The lowest BCUT2D eigenvalue weighted by atomic mass is 10.0. The van der Waals surface area contributed by atoms with E-state index in [0.29, 0.717) is 12.1 Å². The summed E-state index contributed by atoms with van der Waals surface area (Å²) < 4.78 is 6.98. The standard InChI is InChI=1S/C30H38N8O7/c1-17(2)24-28(42)31-10-11-37(30(44)21-13-32-38(15-21)14-20-8-6-5-7-9-20)16-22-12-23(36-45-22)27(41)35-25(19(4)39)29(43)33-18(3)26(40)34-24/h5-9,12-13,15,17-19,24-25,39H,10-11,14,16H2,1-4H3,(H,31,42)(H,33,43)(H,34,40)(H,35,41)/t18-,19+,24-,25-/m0/s1. The number of benzene rings is 1. The van der Waals surface area contributed by atoms with Gasteiger partial charge in [-0.2, -0.15) is 5.10 Å². The first kappa shape index (κ1) is 32.9. The number of nitrogens with one attached hydrogen (secondary N) is 4. The van der Waals surface area contributed by atoms with Gasteiger partial charge in [0.15, 0.2) is 11.5 Å². The summed E-state index contributed by atoms with van der Waals surface area (Å²) in [5.41, 5.74) is 1.11. The van der Waals surface area contributed by atoms with E-state index < -0.39 is 53.8 Å². The van der Waals surface area contributed by atoms with Gasteiger partial charge in [-0.1, -0.05) is 49.3 Å². The van der Waals surface area contributed by atoms with Crippen molar-refractivity contribution in [2.45, 2.75) is 65.0 Å². The van der Waals surface area contributed by atoms with Crippen molar-refractivity contribution in [3.8, 4) is 0 Å². The first-order valence-electron chi connectivity index (χ1n) is 14.6. The lowest BCUT2D eigenvalue weighted by Gasteiger charge is -2.26. The highest BCUT2D eigenvalue weighted by Crippen LogP contribution is 2.13. The first-order chi connectivity index (χ1) is 21.4. The maximum Gasteiger partial charge on any atom is 0.274 e.